The number of pyridine rings is 1. The number of benzene rings is 2. The van der Waals surface area contributed by atoms with Crippen molar-refractivity contribution in [2.75, 3.05) is 5.73 Å². The molecule has 0 aliphatic rings. The molecule has 3 rings (SSSR count). The van der Waals surface area contributed by atoms with Gasteiger partial charge in [0, 0.05) is 5.56 Å². The summed E-state index contributed by atoms with van der Waals surface area (Å²) in [7, 11) is 0. The first-order chi connectivity index (χ1) is 14.0. The number of nitrogens with zero attached hydrogens (tertiary/aromatic N) is 3. The van der Waals surface area contributed by atoms with Gasteiger partial charge in [-0.25, -0.2) is 9.37 Å². The van der Waals surface area contributed by atoms with Crippen LogP contribution in [0.5, 0.6) is 0 Å². The van der Waals surface area contributed by atoms with Crippen molar-refractivity contribution in [3.05, 3.63) is 77.1 Å². The number of anilines is 1. The molecular weight excluding hydrogens is 391 g/mol. The van der Waals surface area contributed by atoms with Crippen LogP contribution in [0.25, 0.3) is 11.1 Å². The third-order valence-electron chi connectivity index (χ3n) is 4.10. The average molecular weight is 404 g/mol. The standard InChI is InChI=1S/C21H13FN4O2S/c22-14-8-6-12(7-9-14)17-15(10-23)19(25)26-20(16(17)11-24)29-18(21(27)28)13-4-2-1-3-5-13/h1-9,18H,(H2,25,26)(H,27,28). The highest BCUT2D eigenvalue weighted by atomic mass is 32.2. The summed E-state index contributed by atoms with van der Waals surface area (Å²) in [4.78, 5) is 16.0. The maximum atomic E-state index is 13.3. The van der Waals surface area contributed by atoms with Crippen molar-refractivity contribution >= 4 is 23.5 Å². The Morgan fingerprint density at radius 3 is 2.24 bits per heavy atom. The average Bonchev–Trinajstić information content (AvgIpc) is 2.72. The van der Waals surface area contributed by atoms with Gasteiger partial charge in [0.25, 0.3) is 0 Å². The second-order valence-electron chi connectivity index (χ2n) is 5.90. The van der Waals surface area contributed by atoms with E-state index in [1.807, 2.05) is 12.1 Å². The molecule has 2 aromatic carbocycles. The number of aliphatic carboxylic acids is 1. The van der Waals surface area contributed by atoms with Crippen LogP contribution in [0, 0.1) is 28.5 Å². The summed E-state index contributed by atoms with van der Waals surface area (Å²) >= 11 is 0.850. The van der Waals surface area contributed by atoms with Gasteiger partial charge in [-0.15, -0.1) is 0 Å². The third kappa shape index (κ3) is 4.03. The highest BCUT2D eigenvalue weighted by Crippen LogP contribution is 2.41. The number of nitrogens with two attached hydrogens (primary N) is 1. The van der Waals surface area contributed by atoms with Gasteiger partial charge in [0.2, 0.25) is 0 Å². The van der Waals surface area contributed by atoms with E-state index in [9.17, 15) is 24.8 Å². The summed E-state index contributed by atoms with van der Waals surface area (Å²) in [6, 6.07) is 17.7. The van der Waals surface area contributed by atoms with Gasteiger partial charge in [-0.3, -0.25) is 4.79 Å². The molecule has 3 N–H and O–H groups in total. The number of carbonyl (C=O) groups is 1. The van der Waals surface area contributed by atoms with E-state index in [-0.39, 0.29) is 27.5 Å². The Labute approximate surface area is 170 Å². The van der Waals surface area contributed by atoms with Crippen molar-refractivity contribution in [3.8, 4) is 23.3 Å². The largest absolute Gasteiger partial charge is 0.480 e. The fraction of sp³-hybridized carbons (Fsp3) is 0.0476. The molecule has 0 aliphatic carbocycles. The maximum absolute atomic E-state index is 13.3. The van der Waals surface area contributed by atoms with E-state index in [1.165, 1.54) is 24.3 Å². The molecule has 0 radical (unpaired) electrons. The molecule has 1 atom stereocenters. The fourth-order valence-electron chi connectivity index (χ4n) is 2.79. The quantitative estimate of drug-likeness (QED) is 0.613. The Hall–Kier alpha value is -3.88. The molecule has 0 spiro atoms. The van der Waals surface area contributed by atoms with Crippen molar-refractivity contribution in [3.63, 3.8) is 0 Å². The van der Waals surface area contributed by atoms with Gasteiger partial charge in [-0.1, -0.05) is 54.2 Å². The zero-order chi connectivity index (χ0) is 21.0. The van der Waals surface area contributed by atoms with Gasteiger partial charge < -0.3 is 10.8 Å². The highest BCUT2D eigenvalue weighted by molar-refractivity contribution is 8.00. The van der Waals surface area contributed by atoms with E-state index < -0.39 is 17.0 Å². The minimum Gasteiger partial charge on any atom is -0.480 e. The molecular formula is C21H13FN4O2S. The van der Waals surface area contributed by atoms with Crippen LogP contribution in [0.1, 0.15) is 21.9 Å². The third-order valence-corrected chi connectivity index (χ3v) is 5.33. The molecule has 142 valence electrons. The Morgan fingerprint density at radius 1 is 1.07 bits per heavy atom. The summed E-state index contributed by atoms with van der Waals surface area (Å²) in [6.45, 7) is 0. The molecule has 0 saturated carbocycles. The number of nitriles is 2. The number of nitrogen functional groups attached to an aromatic ring is 1. The predicted octanol–water partition coefficient (Wildman–Crippen LogP) is 4.13. The fourth-order valence-corrected chi connectivity index (χ4v) is 3.82. The lowest BCUT2D eigenvalue weighted by atomic mass is 9.97. The number of hydrogen-bond acceptors (Lipinski definition) is 6. The molecule has 1 unspecified atom stereocenters. The van der Waals surface area contributed by atoms with Crippen LogP contribution >= 0.6 is 11.8 Å². The molecule has 8 heteroatoms. The van der Waals surface area contributed by atoms with Crippen molar-refractivity contribution in [2.24, 2.45) is 0 Å². The van der Waals surface area contributed by atoms with Crippen LogP contribution < -0.4 is 5.73 Å². The van der Waals surface area contributed by atoms with E-state index in [4.69, 9.17) is 5.73 Å². The number of carboxylic acids is 1. The second-order valence-corrected chi connectivity index (χ2v) is 7.00. The van der Waals surface area contributed by atoms with E-state index in [1.54, 1.807) is 30.3 Å². The van der Waals surface area contributed by atoms with Crippen LogP contribution in [-0.2, 0) is 4.79 Å². The van der Waals surface area contributed by atoms with Crippen molar-refractivity contribution in [1.82, 2.24) is 4.98 Å². The Balaban J connectivity index is 2.20. The van der Waals surface area contributed by atoms with Crippen LogP contribution in [-0.4, -0.2) is 16.1 Å². The summed E-state index contributed by atoms with van der Waals surface area (Å²) in [6.07, 6.45) is 0. The SMILES string of the molecule is N#Cc1c(N)nc(SC(C(=O)O)c2ccccc2)c(C#N)c1-c1ccc(F)cc1. The first-order valence-corrected chi connectivity index (χ1v) is 9.18. The minimum atomic E-state index is -1.11. The minimum absolute atomic E-state index is 0.00883. The van der Waals surface area contributed by atoms with Crippen LogP contribution in [0.4, 0.5) is 10.2 Å². The number of rotatable bonds is 5. The Morgan fingerprint density at radius 2 is 1.69 bits per heavy atom. The molecule has 29 heavy (non-hydrogen) atoms. The lowest BCUT2D eigenvalue weighted by Gasteiger charge is -2.16. The maximum Gasteiger partial charge on any atom is 0.321 e. The summed E-state index contributed by atoms with van der Waals surface area (Å²) in [5.74, 6) is -1.72. The molecule has 0 bridgehead atoms. The number of thioether (sulfide) groups is 1. The molecule has 0 saturated heterocycles. The topological polar surface area (TPSA) is 124 Å². The van der Waals surface area contributed by atoms with Gasteiger partial charge in [0.05, 0.1) is 5.56 Å². The number of halogens is 1. The molecule has 1 heterocycles. The molecule has 6 nitrogen and oxygen atoms in total. The van der Waals surface area contributed by atoms with E-state index >= 15 is 0 Å². The zero-order valence-electron chi connectivity index (χ0n) is 14.8. The van der Waals surface area contributed by atoms with Crippen LogP contribution in [0.3, 0.4) is 0 Å². The van der Waals surface area contributed by atoms with Gasteiger partial charge in [0.1, 0.15) is 39.6 Å². The smallest absolute Gasteiger partial charge is 0.321 e. The van der Waals surface area contributed by atoms with Gasteiger partial charge in [-0.2, -0.15) is 10.5 Å². The summed E-state index contributed by atoms with van der Waals surface area (Å²) < 4.78 is 13.3. The second kappa shape index (κ2) is 8.42. The van der Waals surface area contributed by atoms with Crippen LogP contribution in [0.2, 0.25) is 0 Å². The molecule has 0 aliphatic heterocycles. The summed E-state index contributed by atoms with van der Waals surface area (Å²) in [5.41, 5.74) is 7.04. The summed E-state index contributed by atoms with van der Waals surface area (Å²) in [5, 5.41) is 28.0. The van der Waals surface area contributed by atoms with Gasteiger partial charge in [-0.05, 0) is 23.3 Å². The van der Waals surface area contributed by atoms with Gasteiger partial charge in [0.15, 0.2) is 0 Å². The number of carboxylic acid groups (broad SMARTS) is 1. The zero-order valence-corrected chi connectivity index (χ0v) is 15.7. The first kappa shape index (κ1) is 19.9. The lowest BCUT2D eigenvalue weighted by Crippen LogP contribution is -2.10. The van der Waals surface area contributed by atoms with E-state index in [2.05, 4.69) is 4.98 Å². The number of hydrogen-bond donors (Lipinski definition) is 2. The highest BCUT2D eigenvalue weighted by Gasteiger charge is 2.27. The van der Waals surface area contributed by atoms with Gasteiger partial charge >= 0.3 is 5.97 Å². The van der Waals surface area contributed by atoms with E-state index in [0.29, 0.717) is 11.1 Å². The Bertz CT molecular complexity index is 1150. The Kier molecular flexibility index (Phi) is 5.77. The normalized spacial score (nSPS) is 11.3. The monoisotopic (exact) mass is 404 g/mol. The van der Waals surface area contributed by atoms with Crippen molar-refractivity contribution in [2.45, 2.75) is 10.3 Å². The molecule has 3 aromatic rings. The predicted molar refractivity (Wildman–Crippen MR) is 106 cm³/mol. The molecule has 0 fully saturated rings. The molecule has 1 aromatic heterocycles. The van der Waals surface area contributed by atoms with Crippen molar-refractivity contribution < 1.29 is 14.3 Å². The lowest BCUT2D eigenvalue weighted by molar-refractivity contribution is -0.136. The molecule has 0 amide bonds. The van der Waals surface area contributed by atoms with Crippen molar-refractivity contribution in [1.29, 1.82) is 10.5 Å². The van der Waals surface area contributed by atoms with Crippen LogP contribution in [0.15, 0.2) is 59.6 Å². The number of aromatic nitrogens is 1. The van der Waals surface area contributed by atoms with E-state index in [0.717, 1.165) is 11.8 Å². The first-order valence-electron chi connectivity index (χ1n) is 8.30.